The molecule has 0 bridgehead atoms. The first-order valence-electron chi connectivity index (χ1n) is 5.75. The molecule has 0 spiro atoms. The fourth-order valence-electron chi connectivity index (χ4n) is 1.75. The summed E-state index contributed by atoms with van der Waals surface area (Å²) >= 11 is 7.13. The Balaban J connectivity index is 2.21. The largest absolute Gasteiger partial charge is 0.269 e. The van der Waals surface area contributed by atoms with Gasteiger partial charge in [0.2, 0.25) is 0 Å². The number of aromatic nitrogens is 5. The fraction of sp³-hybridized carbons (Fsp3) is 0.545. The maximum absolute atomic E-state index is 4.36. The molecular weight excluding hydrogens is 362 g/mol. The molecule has 18 heavy (non-hydrogen) atoms. The van der Waals surface area contributed by atoms with Gasteiger partial charge in [0.25, 0.3) is 0 Å². The van der Waals surface area contributed by atoms with Gasteiger partial charge in [0.1, 0.15) is 0 Å². The molecule has 0 amide bonds. The van der Waals surface area contributed by atoms with Crippen LogP contribution in [0.15, 0.2) is 10.7 Å². The van der Waals surface area contributed by atoms with Crippen molar-refractivity contribution >= 4 is 31.9 Å². The lowest BCUT2D eigenvalue weighted by Gasteiger charge is -2.02. The first kappa shape index (κ1) is 13.7. The van der Waals surface area contributed by atoms with E-state index in [1.165, 1.54) is 0 Å². The summed E-state index contributed by atoms with van der Waals surface area (Å²) in [5.41, 5.74) is 3.04. The van der Waals surface area contributed by atoms with Gasteiger partial charge in [0.15, 0.2) is 0 Å². The van der Waals surface area contributed by atoms with Crippen LogP contribution < -0.4 is 0 Å². The zero-order valence-corrected chi connectivity index (χ0v) is 13.7. The summed E-state index contributed by atoms with van der Waals surface area (Å²) in [5, 5.41) is 12.7. The highest BCUT2D eigenvalue weighted by Crippen LogP contribution is 2.24. The van der Waals surface area contributed by atoms with Gasteiger partial charge in [-0.1, -0.05) is 28.1 Å². The van der Waals surface area contributed by atoms with Crippen LogP contribution in [0.3, 0.4) is 0 Å². The van der Waals surface area contributed by atoms with Gasteiger partial charge < -0.3 is 0 Å². The monoisotopic (exact) mass is 375 g/mol. The molecule has 2 aromatic heterocycles. The third-order valence-electron chi connectivity index (χ3n) is 2.81. The van der Waals surface area contributed by atoms with Gasteiger partial charge in [0.05, 0.1) is 39.1 Å². The number of nitrogens with zero attached hydrogens (tertiary/aromatic N) is 5. The lowest BCUT2D eigenvalue weighted by atomic mass is 10.3. The van der Waals surface area contributed by atoms with Crippen LogP contribution in [0.5, 0.6) is 0 Å². The Morgan fingerprint density at radius 1 is 1.44 bits per heavy atom. The number of alkyl halides is 1. The Labute approximate surface area is 123 Å². The summed E-state index contributed by atoms with van der Waals surface area (Å²) < 4.78 is 4.74. The van der Waals surface area contributed by atoms with Gasteiger partial charge in [-0.25, -0.2) is 4.68 Å². The Morgan fingerprint density at radius 3 is 2.72 bits per heavy atom. The third-order valence-corrected chi connectivity index (χ3v) is 4.96. The summed E-state index contributed by atoms with van der Waals surface area (Å²) in [6.07, 6.45) is 2.96. The molecule has 7 heteroatoms. The average Bonchev–Trinajstić information content (AvgIpc) is 2.90. The van der Waals surface area contributed by atoms with Crippen molar-refractivity contribution < 1.29 is 0 Å². The van der Waals surface area contributed by atoms with Gasteiger partial charge >= 0.3 is 0 Å². The summed E-state index contributed by atoms with van der Waals surface area (Å²) in [4.78, 5) is 0.267. The first-order valence-corrected chi connectivity index (χ1v) is 7.45. The molecule has 5 nitrogen and oxygen atoms in total. The average molecular weight is 377 g/mol. The van der Waals surface area contributed by atoms with E-state index < -0.39 is 0 Å². The minimum atomic E-state index is 0.267. The van der Waals surface area contributed by atoms with Crippen molar-refractivity contribution in [2.45, 2.75) is 31.6 Å². The van der Waals surface area contributed by atoms with Crippen molar-refractivity contribution in [1.29, 1.82) is 0 Å². The second-order valence-electron chi connectivity index (χ2n) is 4.19. The van der Waals surface area contributed by atoms with Crippen molar-refractivity contribution in [3.05, 3.63) is 27.8 Å². The number of halogens is 2. The van der Waals surface area contributed by atoms with E-state index in [-0.39, 0.29) is 4.83 Å². The second-order valence-corrected chi connectivity index (χ2v) is 6.08. The molecule has 1 atom stereocenters. The number of hydrogen-bond acceptors (Lipinski definition) is 3. The number of hydrogen-bond donors (Lipinski definition) is 0. The summed E-state index contributed by atoms with van der Waals surface area (Å²) in [5.74, 6) is 0. The zero-order chi connectivity index (χ0) is 13.3. The fourth-order valence-corrected chi connectivity index (χ4v) is 2.42. The van der Waals surface area contributed by atoms with E-state index >= 15 is 0 Å². The lowest BCUT2D eigenvalue weighted by Crippen LogP contribution is -2.06. The van der Waals surface area contributed by atoms with Crippen molar-refractivity contribution in [1.82, 2.24) is 24.8 Å². The SMILES string of the molecule is CCC(Br)c1cn(Cc2c(Br)c(C)nn2C)nn1. The van der Waals surface area contributed by atoms with Gasteiger partial charge in [-0.2, -0.15) is 5.10 Å². The predicted molar refractivity (Wildman–Crippen MR) is 76.7 cm³/mol. The molecule has 0 radical (unpaired) electrons. The van der Waals surface area contributed by atoms with Gasteiger partial charge in [-0.3, -0.25) is 4.68 Å². The van der Waals surface area contributed by atoms with E-state index in [1.807, 2.05) is 29.5 Å². The zero-order valence-electron chi connectivity index (χ0n) is 10.6. The number of rotatable bonds is 4. The number of aryl methyl sites for hydroxylation is 2. The minimum Gasteiger partial charge on any atom is -0.269 e. The van der Waals surface area contributed by atoms with E-state index in [0.717, 1.165) is 28.0 Å². The molecule has 2 aromatic rings. The second kappa shape index (κ2) is 5.52. The van der Waals surface area contributed by atoms with Crippen LogP contribution in [0, 0.1) is 6.92 Å². The molecule has 0 saturated heterocycles. The normalized spacial score (nSPS) is 12.9. The van der Waals surface area contributed by atoms with Crippen LogP contribution in [0.4, 0.5) is 0 Å². The van der Waals surface area contributed by atoms with Crippen LogP contribution in [0.1, 0.15) is 35.3 Å². The molecular formula is C11H15Br2N5. The highest BCUT2D eigenvalue weighted by molar-refractivity contribution is 9.10. The van der Waals surface area contributed by atoms with Crippen molar-refractivity contribution in [3.63, 3.8) is 0 Å². The molecule has 0 fully saturated rings. The maximum Gasteiger partial charge on any atom is 0.0963 e. The molecule has 2 rings (SSSR count). The molecule has 0 N–H and O–H groups in total. The van der Waals surface area contributed by atoms with Gasteiger partial charge in [-0.15, -0.1) is 5.10 Å². The molecule has 0 aliphatic heterocycles. The van der Waals surface area contributed by atoms with Crippen LogP contribution in [0.2, 0.25) is 0 Å². The van der Waals surface area contributed by atoms with Gasteiger partial charge in [-0.05, 0) is 29.3 Å². The molecule has 0 aliphatic carbocycles. The summed E-state index contributed by atoms with van der Waals surface area (Å²) in [6, 6.07) is 0. The minimum absolute atomic E-state index is 0.267. The van der Waals surface area contributed by atoms with E-state index in [2.05, 4.69) is 54.2 Å². The smallest absolute Gasteiger partial charge is 0.0963 e. The Bertz CT molecular complexity index is 546. The van der Waals surface area contributed by atoms with Crippen LogP contribution >= 0.6 is 31.9 Å². The molecule has 0 aromatic carbocycles. The Morgan fingerprint density at radius 2 is 2.17 bits per heavy atom. The maximum atomic E-state index is 4.36. The van der Waals surface area contributed by atoms with E-state index in [1.54, 1.807) is 0 Å². The topological polar surface area (TPSA) is 48.5 Å². The summed E-state index contributed by atoms with van der Waals surface area (Å²) in [6.45, 7) is 4.75. The van der Waals surface area contributed by atoms with E-state index in [0.29, 0.717) is 6.54 Å². The molecule has 1 unspecified atom stereocenters. The van der Waals surface area contributed by atoms with Gasteiger partial charge in [0, 0.05) is 7.05 Å². The lowest BCUT2D eigenvalue weighted by molar-refractivity contribution is 0.598. The molecule has 0 aliphatic rings. The quantitative estimate of drug-likeness (QED) is 0.770. The van der Waals surface area contributed by atoms with Crippen LogP contribution in [-0.4, -0.2) is 24.8 Å². The van der Waals surface area contributed by atoms with E-state index in [4.69, 9.17) is 0 Å². The van der Waals surface area contributed by atoms with Crippen LogP contribution in [0.25, 0.3) is 0 Å². The van der Waals surface area contributed by atoms with Crippen molar-refractivity contribution in [2.75, 3.05) is 0 Å². The predicted octanol–water partition coefficient (Wildman–Crippen LogP) is 2.98. The Kier molecular flexibility index (Phi) is 4.21. The highest BCUT2D eigenvalue weighted by atomic mass is 79.9. The standard InChI is InChI=1S/C11H15Br2N5/c1-4-8(12)9-5-18(16-14-9)6-10-11(13)7(2)15-17(10)3/h5,8H,4,6H2,1-3H3. The molecule has 0 saturated carbocycles. The van der Waals surface area contributed by atoms with Crippen LogP contribution in [-0.2, 0) is 13.6 Å². The molecule has 2 heterocycles. The highest BCUT2D eigenvalue weighted by Gasteiger charge is 2.14. The summed E-state index contributed by atoms with van der Waals surface area (Å²) in [7, 11) is 1.93. The molecule has 98 valence electrons. The van der Waals surface area contributed by atoms with Crippen molar-refractivity contribution in [3.8, 4) is 0 Å². The third kappa shape index (κ3) is 2.66. The first-order chi connectivity index (χ1) is 8.52. The Hall–Kier alpha value is -0.690. The van der Waals surface area contributed by atoms with E-state index in [9.17, 15) is 0 Å². The van der Waals surface area contributed by atoms with Crippen molar-refractivity contribution in [2.24, 2.45) is 7.05 Å².